The number of hydrogen-bond donors (Lipinski definition) is 3. The molecule has 0 saturated carbocycles. The van der Waals surface area contributed by atoms with Gasteiger partial charge in [-0.3, -0.25) is 9.59 Å². The van der Waals surface area contributed by atoms with Crippen LogP contribution in [-0.4, -0.2) is 22.1 Å². The number of H-pyrrole nitrogens is 1. The number of nitrogens with zero attached hydrogens (tertiary/aromatic N) is 1. The molecule has 0 spiro atoms. The fourth-order valence-electron chi connectivity index (χ4n) is 1.22. The van der Waals surface area contributed by atoms with Crippen molar-refractivity contribution in [1.29, 1.82) is 0 Å². The lowest BCUT2D eigenvalue weighted by atomic mass is 10.0. The molecule has 1 aromatic rings. The predicted octanol–water partition coefficient (Wildman–Crippen LogP) is 0.345. The summed E-state index contributed by atoms with van der Waals surface area (Å²) in [6, 6.07) is -0.596. The van der Waals surface area contributed by atoms with Crippen LogP contribution in [0.1, 0.15) is 13.8 Å². The van der Waals surface area contributed by atoms with E-state index in [1.54, 1.807) is 0 Å². The molecule has 0 aliphatic rings. The highest BCUT2D eigenvalue weighted by Crippen LogP contribution is 2.17. The molecule has 4 N–H and O–H groups in total. The van der Waals surface area contributed by atoms with E-state index in [9.17, 15) is 9.59 Å². The molecule has 16 heavy (non-hydrogen) atoms. The van der Waals surface area contributed by atoms with E-state index < -0.39 is 17.5 Å². The zero-order chi connectivity index (χ0) is 12.3. The van der Waals surface area contributed by atoms with Crippen LogP contribution in [0.15, 0.2) is 11.0 Å². The Hall–Kier alpha value is -1.56. The van der Waals surface area contributed by atoms with Crippen LogP contribution >= 0.6 is 11.6 Å². The van der Waals surface area contributed by atoms with Gasteiger partial charge >= 0.3 is 0 Å². The van der Waals surface area contributed by atoms with E-state index in [0.717, 1.165) is 0 Å². The SMILES string of the molecule is CC(C)C(Nc1cn[nH]c(=O)c1Cl)C(N)=O. The number of carbonyl (C=O) groups is 1. The summed E-state index contributed by atoms with van der Waals surface area (Å²) in [5.74, 6) is -0.529. The topological polar surface area (TPSA) is 101 Å². The molecule has 1 heterocycles. The third kappa shape index (κ3) is 2.73. The molecule has 1 amide bonds. The molecule has 0 radical (unpaired) electrons. The lowest BCUT2D eigenvalue weighted by Crippen LogP contribution is -2.40. The van der Waals surface area contributed by atoms with Crippen molar-refractivity contribution in [1.82, 2.24) is 10.2 Å². The van der Waals surface area contributed by atoms with Crippen molar-refractivity contribution in [3.63, 3.8) is 0 Å². The number of carbonyl (C=O) groups excluding carboxylic acids is 1. The second-order valence-electron chi connectivity index (χ2n) is 3.70. The van der Waals surface area contributed by atoms with Gasteiger partial charge in [0, 0.05) is 0 Å². The standard InChI is InChI=1S/C9H13ClN4O2/c1-4(2)7(8(11)15)13-5-3-12-14-9(16)6(5)10/h3-4,7H,1-2H3,(H2,11,15)(H2,13,14,16). The summed E-state index contributed by atoms with van der Waals surface area (Å²) in [6.07, 6.45) is 1.34. The Bertz CT molecular complexity index is 443. The first-order valence-electron chi connectivity index (χ1n) is 4.72. The molecule has 1 atom stereocenters. The van der Waals surface area contributed by atoms with Crippen LogP contribution in [-0.2, 0) is 4.79 Å². The van der Waals surface area contributed by atoms with Gasteiger partial charge in [-0.2, -0.15) is 5.10 Å². The molecule has 0 aliphatic carbocycles. The number of amides is 1. The van der Waals surface area contributed by atoms with Crippen molar-refractivity contribution in [3.8, 4) is 0 Å². The van der Waals surface area contributed by atoms with Gasteiger partial charge in [0.15, 0.2) is 0 Å². The van der Waals surface area contributed by atoms with E-state index in [0.29, 0.717) is 5.69 Å². The zero-order valence-corrected chi connectivity index (χ0v) is 9.71. The Morgan fingerprint density at radius 2 is 2.25 bits per heavy atom. The number of anilines is 1. The number of rotatable bonds is 4. The smallest absolute Gasteiger partial charge is 0.285 e. The van der Waals surface area contributed by atoms with Crippen LogP contribution in [0.5, 0.6) is 0 Å². The third-order valence-corrected chi connectivity index (χ3v) is 2.46. The quantitative estimate of drug-likeness (QED) is 0.711. The normalized spacial score (nSPS) is 12.5. The second-order valence-corrected chi connectivity index (χ2v) is 4.07. The van der Waals surface area contributed by atoms with Crippen LogP contribution in [0.2, 0.25) is 5.02 Å². The number of hydrogen-bond acceptors (Lipinski definition) is 4. The van der Waals surface area contributed by atoms with Crippen LogP contribution in [0.25, 0.3) is 0 Å². The van der Waals surface area contributed by atoms with Crippen molar-refractivity contribution in [3.05, 3.63) is 21.6 Å². The first-order valence-corrected chi connectivity index (χ1v) is 5.10. The van der Waals surface area contributed by atoms with Crippen LogP contribution < -0.4 is 16.6 Å². The van der Waals surface area contributed by atoms with Gasteiger partial charge in [-0.1, -0.05) is 25.4 Å². The summed E-state index contributed by atoms with van der Waals surface area (Å²) in [5.41, 5.74) is 5.00. The highest BCUT2D eigenvalue weighted by atomic mass is 35.5. The van der Waals surface area contributed by atoms with E-state index in [2.05, 4.69) is 15.5 Å². The van der Waals surface area contributed by atoms with Gasteiger partial charge < -0.3 is 11.1 Å². The molecule has 0 fully saturated rings. The number of aromatic amines is 1. The molecule has 7 heteroatoms. The number of primary amides is 1. The maximum Gasteiger partial charge on any atom is 0.285 e. The van der Waals surface area contributed by atoms with Crippen LogP contribution in [0.4, 0.5) is 5.69 Å². The van der Waals surface area contributed by atoms with Gasteiger partial charge in [0.25, 0.3) is 5.56 Å². The lowest BCUT2D eigenvalue weighted by Gasteiger charge is -2.20. The Kier molecular flexibility index (Phi) is 3.89. The Labute approximate surface area is 97.2 Å². The monoisotopic (exact) mass is 244 g/mol. The maximum atomic E-state index is 11.2. The van der Waals surface area contributed by atoms with Gasteiger partial charge in [-0.25, -0.2) is 5.10 Å². The fourth-order valence-corrected chi connectivity index (χ4v) is 1.36. The van der Waals surface area contributed by atoms with Crippen molar-refractivity contribution in [2.24, 2.45) is 11.7 Å². The van der Waals surface area contributed by atoms with Gasteiger partial charge in [-0.05, 0) is 5.92 Å². The molecule has 1 unspecified atom stereocenters. The maximum absolute atomic E-state index is 11.2. The van der Waals surface area contributed by atoms with E-state index in [-0.39, 0.29) is 10.9 Å². The molecule has 0 bridgehead atoms. The Balaban J connectivity index is 2.99. The van der Waals surface area contributed by atoms with Crippen molar-refractivity contribution >= 4 is 23.2 Å². The van der Waals surface area contributed by atoms with Crippen molar-refractivity contribution in [2.45, 2.75) is 19.9 Å². The molecular formula is C9H13ClN4O2. The summed E-state index contributed by atoms with van der Waals surface area (Å²) >= 11 is 5.75. The largest absolute Gasteiger partial charge is 0.371 e. The molecule has 1 aromatic heterocycles. The zero-order valence-electron chi connectivity index (χ0n) is 8.95. The molecule has 1 rings (SSSR count). The summed E-state index contributed by atoms with van der Waals surface area (Å²) < 4.78 is 0. The third-order valence-electron chi connectivity index (χ3n) is 2.08. The summed E-state index contributed by atoms with van der Waals surface area (Å²) in [7, 11) is 0. The fraction of sp³-hybridized carbons (Fsp3) is 0.444. The summed E-state index contributed by atoms with van der Waals surface area (Å²) in [6.45, 7) is 3.66. The number of nitrogens with one attached hydrogen (secondary N) is 2. The minimum atomic E-state index is -0.596. The first kappa shape index (κ1) is 12.5. The minimum Gasteiger partial charge on any atom is -0.371 e. The molecular weight excluding hydrogens is 232 g/mol. The van der Waals surface area contributed by atoms with Gasteiger partial charge in [0.2, 0.25) is 5.91 Å². The Morgan fingerprint density at radius 3 is 2.75 bits per heavy atom. The molecule has 88 valence electrons. The average molecular weight is 245 g/mol. The van der Waals surface area contributed by atoms with E-state index in [1.165, 1.54) is 6.20 Å². The van der Waals surface area contributed by atoms with E-state index >= 15 is 0 Å². The van der Waals surface area contributed by atoms with E-state index in [4.69, 9.17) is 17.3 Å². The van der Waals surface area contributed by atoms with Crippen LogP contribution in [0.3, 0.4) is 0 Å². The number of aromatic nitrogens is 2. The van der Waals surface area contributed by atoms with Crippen LogP contribution in [0, 0.1) is 5.92 Å². The van der Waals surface area contributed by atoms with Gasteiger partial charge in [-0.15, -0.1) is 0 Å². The predicted molar refractivity (Wildman–Crippen MR) is 61.3 cm³/mol. The molecule has 0 aromatic carbocycles. The summed E-state index contributed by atoms with van der Waals surface area (Å²) in [4.78, 5) is 22.3. The first-order chi connectivity index (χ1) is 7.43. The van der Waals surface area contributed by atoms with Crippen molar-refractivity contribution in [2.75, 3.05) is 5.32 Å². The number of halogens is 1. The summed E-state index contributed by atoms with van der Waals surface area (Å²) in [5, 5.41) is 8.52. The Morgan fingerprint density at radius 1 is 1.62 bits per heavy atom. The van der Waals surface area contributed by atoms with E-state index in [1.807, 2.05) is 13.8 Å². The van der Waals surface area contributed by atoms with Gasteiger partial charge in [0.1, 0.15) is 11.1 Å². The minimum absolute atomic E-state index is 0.0205. The average Bonchev–Trinajstić information content (AvgIpc) is 2.19. The molecule has 0 aliphatic heterocycles. The number of nitrogens with two attached hydrogens (primary N) is 1. The molecule has 6 nitrogen and oxygen atoms in total. The lowest BCUT2D eigenvalue weighted by molar-refractivity contribution is -0.119. The molecule has 0 saturated heterocycles. The highest BCUT2D eigenvalue weighted by Gasteiger charge is 2.20. The van der Waals surface area contributed by atoms with Crippen molar-refractivity contribution < 1.29 is 4.79 Å². The second kappa shape index (κ2) is 4.98. The highest BCUT2D eigenvalue weighted by molar-refractivity contribution is 6.33. The van der Waals surface area contributed by atoms with Gasteiger partial charge in [0.05, 0.1) is 11.9 Å².